The van der Waals surface area contributed by atoms with Crippen LogP contribution in [0.15, 0.2) is 205 Å². The first kappa shape index (κ1) is 32.0. The Hall–Kier alpha value is -7.34. The Morgan fingerprint density at radius 3 is 1.77 bits per heavy atom. The largest absolute Gasteiger partial charge is 0.455 e. The summed E-state index contributed by atoms with van der Waals surface area (Å²) >= 11 is 0. The Morgan fingerprint density at radius 2 is 1.05 bits per heavy atom. The Bertz CT molecular complexity index is 3300. The normalized spacial score (nSPS) is 13.1. The predicted octanol–water partition coefficient (Wildman–Crippen LogP) is 10.2. The molecule has 0 amide bonds. The van der Waals surface area contributed by atoms with Crippen LogP contribution in [0.1, 0.15) is 0 Å². The summed E-state index contributed by atoms with van der Waals surface area (Å²) < 4.78 is 9.09. The van der Waals surface area contributed by atoms with E-state index in [1.807, 2.05) is 12.1 Å². The molecular formula is C52H33N3OSi. The van der Waals surface area contributed by atoms with E-state index in [1.54, 1.807) is 0 Å². The molecule has 5 heteroatoms. The smallest absolute Gasteiger partial charge is 0.185 e. The van der Waals surface area contributed by atoms with Crippen LogP contribution in [0, 0.1) is 0 Å². The van der Waals surface area contributed by atoms with Gasteiger partial charge in [0, 0.05) is 43.7 Å². The van der Waals surface area contributed by atoms with Crippen molar-refractivity contribution in [2.75, 3.05) is 0 Å². The molecule has 0 unspecified atom stereocenters. The maximum atomic E-state index is 6.67. The molecule has 0 N–H and O–H groups in total. The summed E-state index contributed by atoms with van der Waals surface area (Å²) in [7, 11) is -3.08. The van der Waals surface area contributed by atoms with Crippen LogP contribution in [0.2, 0.25) is 0 Å². The predicted molar refractivity (Wildman–Crippen MR) is 237 cm³/mol. The van der Waals surface area contributed by atoms with Gasteiger partial charge in [-0.25, -0.2) is 9.97 Å². The highest BCUT2D eigenvalue weighted by Crippen LogP contribution is 2.41. The Morgan fingerprint density at radius 1 is 0.456 bits per heavy atom. The van der Waals surface area contributed by atoms with Crippen LogP contribution in [0.3, 0.4) is 0 Å². The number of hydrogen-bond donors (Lipinski definition) is 0. The molecule has 0 radical (unpaired) electrons. The third kappa shape index (κ3) is 4.55. The molecule has 0 saturated carbocycles. The summed E-state index contributed by atoms with van der Waals surface area (Å²) in [4.78, 5) is 11.1. The summed E-state index contributed by atoms with van der Waals surface area (Å²) in [6, 6.07) is 71.9. The summed E-state index contributed by atoms with van der Waals surface area (Å²) in [6.45, 7) is 0. The number of furan rings is 1. The molecule has 3 aromatic heterocycles. The van der Waals surface area contributed by atoms with Crippen LogP contribution in [0.5, 0.6) is 0 Å². The Kier molecular flexibility index (Phi) is 6.91. The molecule has 4 nitrogen and oxygen atoms in total. The van der Waals surface area contributed by atoms with Crippen LogP contribution in [0.25, 0.3) is 83.3 Å². The first-order valence-electron chi connectivity index (χ1n) is 19.4. The van der Waals surface area contributed by atoms with Gasteiger partial charge in [0.15, 0.2) is 13.9 Å². The molecule has 12 rings (SSSR count). The second-order valence-corrected chi connectivity index (χ2v) is 18.5. The molecule has 266 valence electrons. The molecule has 0 bridgehead atoms. The zero-order chi connectivity index (χ0) is 37.5. The van der Waals surface area contributed by atoms with Gasteiger partial charge in [-0.15, -0.1) is 0 Å². The maximum Gasteiger partial charge on any atom is 0.185 e. The lowest BCUT2D eigenvalue weighted by Gasteiger charge is -2.32. The first-order chi connectivity index (χ1) is 28.3. The Labute approximate surface area is 330 Å². The fraction of sp³-hybridized carbons (Fsp3) is 0. The summed E-state index contributed by atoms with van der Waals surface area (Å²) in [5.74, 6) is 0.728. The number of hydrogen-bond acceptors (Lipinski definition) is 3. The highest BCUT2D eigenvalue weighted by molar-refractivity contribution is 7.22. The maximum absolute atomic E-state index is 6.67. The average Bonchev–Trinajstić information content (AvgIpc) is 3.93. The highest BCUT2D eigenvalue weighted by atomic mass is 28.3. The van der Waals surface area contributed by atoms with Crippen molar-refractivity contribution in [3.63, 3.8) is 0 Å². The molecule has 0 spiro atoms. The zero-order valence-electron chi connectivity index (χ0n) is 30.8. The van der Waals surface area contributed by atoms with Crippen molar-refractivity contribution in [2.24, 2.45) is 0 Å². The van der Waals surface area contributed by atoms with E-state index in [0.717, 1.165) is 77.9 Å². The second kappa shape index (κ2) is 12.3. The van der Waals surface area contributed by atoms with Gasteiger partial charge in [-0.2, -0.15) is 0 Å². The molecule has 57 heavy (non-hydrogen) atoms. The topological polar surface area (TPSA) is 43.9 Å². The number of rotatable bonds is 5. The molecule has 0 saturated heterocycles. The van der Waals surface area contributed by atoms with Crippen LogP contribution in [0.4, 0.5) is 0 Å². The van der Waals surface area contributed by atoms with E-state index in [9.17, 15) is 0 Å². The van der Waals surface area contributed by atoms with E-state index in [0.29, 0.717) is 0 Å². The lowest BCUT2D eigenvalue weighted by atomic mass is 10.1. The van der Waals surface area contributed by atoms with E-state index >= 15 is 0 Å². The van der Waals surface area contributed by atoms with E-state index in [2.05, 4.69) is 193 Å². The third-order valence-corrected chi connectivity index (χ3v) is 16.7. The number of aromatic nitrogens is 3. The van der Waals surface area contributed by atoms with Gasteiger partial charge < -0.3 is 8.98 Å². The minimum Gasteiger partial charge on any atom is -0.455 e. The molecular weight excluding hydrogens is 711 g/mol. The van der Waals surface area contributed by atoms with Crippen molar-refractivity contribution in [1.29, 1.82) is 0 Å². The van der Waals surface area contributed by atoms with E-state index in [4.69, 9.17) is 14.4 Å². The van der Waals surface area contributed by atoms with Crippen LogP contribution < -0.4 is 20.7 Å². The fourth-order valence-electron chi connectivity index (χ4n) is 9.51. The minimum absolute atomic E-state index is 0.728. The monoisotopic (exact) mass is 743 g/mol. The van der Waals surface area contributed by atoms with Gasteiger partial charge >= 0.3 is 0 Å². The zero-order valence-corrected chi connectivity index (χ0v) is 31.8. The molecule has 4 heterocycles. The van der Waals surface area contributed by atoms with Gasteiger partial charge in [0.1, 0.15) is 11.2 Å². The SMILES string of the molecule is c1ccc(-c2nc(-c3ccccc3)c3c(n2)-c2ccc(-n4c5ccccc5c5c6oc7ccccc7c6ccc54)cc2[Si]3(c2ccccc2)c2ccccc2)cc1. The van der Waals surface area contributed by atoms with Crippen molar-refractivity contribution in [1.82, 2.24) is 14.5 Å². The number of benzene rings is 8. The second-order valence-electron chi connectivity index (χ2n) is 14.9. The van der Waals surface area contributed by atoms with Crippen LogP contribution in [-0.4, -0.2) is 22.6 Å². The molecule has 11 aromatic rings. The lowest BCUT2D eigenvalue weighted by molar-refractivity contribution is 0.673. The van der Waals surface area contributed by atoms with E-state index < -0.39 is 8.07 Å². The lowest BCUT2D eigenvalue weighted by Crippen LogP contribution is -2.73. The molecule has 0 aliphatic carbocycles. The van der Waals surface area contributed by atoms with E-state index in [-0.39, 0.29) is 0 Å². The summed E-state index contributed by atoms with van der Waals surface area (Å²) in [6.07, 6.45) is 0. The van der Waals surface area contributed by atoms with Gasteiger partial charge in [-0.3, -0.25) is 0 Å². The van der Waals surface area contributed by atoms with Crippen LogP contribution >= 0.6 is 0 Å². The van der Waals surface area contributed by atoms with Gasteiger partial charge in [-0.1, -0.05) is 164 Å². The van der Waals surface area contributed by atoms with Gasteiger partial charge in [0.2, 0.25) is 0 Å². The Balaban J connectivity index is 1.22. The van der Waals surface area contributed by atoms with Crippen molar-refractivity contribution in [3.05, 3.63) is 200 Å². The molecule has 1 aliphatic heterocycles. The number of para-hydroxylation sites is 2. The van der Waals surface area contributed by atoms with Crippen LogP contribution in [-0.2, 0) is 0 Å². The van der Waals surface area contributed by atoms with E-state index in [1.165, 1.54) is 26.1 Å². The molecule has 0 fully saturated rings. The van der Waals surface area contributed by atoms with Crippen molar-refractivity contribution >= 4 is 72.6 Å². The highest BCUT2D eigenvalue weighted by Gasteiger charge is 2.52. The van der Waals surface area contributed by atoms with Gasteiger partial charge in [0.05, 0.1) is 27.8 Å². The minimum atomic E-state index is -3.08. The standard InChI is InChI=1S/C52H33N3OSi/c1-5-17-34(18-6-1)48-51-49(54-52(53-48)35-19-7-2-8-20-35)42-30-29-36(33-46(42)57(51,37-21-9-3-10-22-37)38-23-11-4-12-24-38)55-43-27-15-13-26-41(43)47-44(55)32-31-40-39-25-14-16-28-45(39)56-50(40)47/h1-33H. The molecule has 0 atom stereocenters. The fourth-order valence-corrected chi connectivity index (χ4v) is 14.8. The third-order valence-electron chi connectivity index (χ3n) is 11.9. The van der Waals surface area contributed by atoms with Gasteiger partial charge in [0.25, 0.3) is 0 Å². The van der Waals surface area contributed by atoms with Crippen molar-refractivity contribution < 1.29 is 4.42 Å². The molecule has 1 aliphatic rings. The quantitative estimate of drug-likeness (QED) is 0.165. The first-order valence-corrected chi connectivity index (χ1v) is 21.4. The van der Waals surface area contributed by atoms with Gasteiger partial charge in [-0.05, 0) is 52.0 Å². The number of fused-ring (bicyclic) bond motifs is 10. The molecule has 8 aromatic carbocycles. The van der Waals surface area contributed by atoms with Crippen molar-refractivity contribution in [3.8, 4) is 39.6 Å². The average molecular weight is 744 g/mol. The summed E-state index contributed by atoms with van der Waals surface area (Å²) in [5.41, 5.74) is 10.4. The summed E-state index contributed by atoms with van der Waals surface area (Å²) in [5, 5.41) is 9.69. The van der Waals surface area contributed by atoms with Crippen molar-refractivity contribution in [2.45, 2.75) is 0 Å². The number of nitrogens with zero attached hydrogens (tertiary/aromatic N) is 3.